The lowest BCUT2D eigenvalue weighted by Crippen LogP contribution is -2.54. The summed E-state index contributed by atoms with van der Waals surface area (Å²) >= 11 is 6.09. The molecule has 4 aliphatic rings. The summed E-state index contributed by atoms with van der Waals surface area (Å²) in [6.07, 6.45) is -4.64. The van der Waals surface area contributed by atoms with Crippen LogP contribution in [0.25, 0.3) is 0 Å². The lowest BCUT2D eigenvalue weighted by atomic mass is 9.99. The minimum absolute atomic E-state index is 0.0819. The Labute approximate surface area is 282 Å². The summed E-state index contributed by atoms with van der Waals surface area (Å²) < 4.78 is 47.1. The van der Waals surface area contributed by atoms with Crippen LogP contribution < -0.4 is 16.4 Å². The maximum atomic E-state index is 13.9. The Bertz CT molecular complexity index is 1510. The lowest BCUT2D eigenvalue weighted by Gasteiger charge is -2.41. The van der Waals surface area contributed by atoms with Crippen LogP contribution in [0.1, 0.15) is 42.4 Å². The number of hydrogen-bond donors (Lipinski definition) is 3. The van der Waals surface area contributed by atoms with E-state index in [1.807, 2.05) is 24.3 Å². The van der Waals surface area contributed by atoms with Crippen LogP contribution in [0, 0.1) is 0 Å². The number of fused-ring (bicyclic) bond motifs is 1. The molecule has 0 aromatic heterocycles. The molecule has 3 saturated heterocycles. The number of amides is 4. The monoisotopic (exact) mass is 691 g/mol. The van der Waals surface area contributed by atoms with Gasteiger partial charge in [0.25, 0.3) is 5.91 Å². The maximum absolute atomic E-state index is 13.9. The molecule has 48 heavy (non-hydrogen) atoms. The SMILES string of the molecule is Nc1c(Cl)cc(CC(OC(=O)N2CCC(N3Cc4ccccc4NC3=O)CC2)C(=O)N2CCC(N3CCNCC3)CC2)cc1C(F)(F)F. The summed E-state index contributed by atoms with van der Waals surface area (Å²) in [6.45, 7) is 5.64. The molecule has 0 spiro atoms. The van der Waals surface area contributed by atoms with Crippen molar-refractivity contribution in [3.8, 4) is 0 Å². The number of likely N-dealkylation sites (tertiary alicyclic amines) is 2. The number of carbonyl (C=O) groups is 3. The van der Waals surface area contributed by atoms with Gasteiger partial charge in [-0.1, -0.05) is 29.8 Å². The number of urea groups is 1. The maximum Gasteiger partial charge on any atom is 0.418 e. The lowest BCUT2D eigenvalue weighted by molar-refractivity contribution is -0.142. The summed E-state index contributed by atoms with van der Waals surface area (Å²) in [6, 6.07) is 9.78. The van der Waals surface area contributed by atoms with Gasteiger partial charge in [-0.3, -0.25) is 9.69 Å². The van der Waals surface area contributed by atoms with Gasteiger partial charge in [-0.05, 0) is 55.0 Å². The van der Waals surface area contributed by atoms with Crippen molar-refractivity contribution in [1.29, 1.82) is 0 Å². The highest BCUT2D eigenvalue weighted by atomic mass is 35.5. The third-order valence-corrected chi connectivity index (χ3v) is 10.2. The highest BCUT2D eigenvalue weighted by Crippen LogP contribution is 2.38. The number of benzene rings is 2. The number of ether oxygens (including phenoxy) is 1. The second-order valence-electron chi connectivity index (χ2n) is 12.9. The molecule has 0 bridgehead atoms. The van der Waals surface area contributed by atoms with Gasteiger partial charge in [-0.15, -0.1) is 0 Å². The number of piperidine rings is 2. The molecule has 260 valence electrons. The summed E-state index contributed by atoms with van der Waals surface area (Å²) in [5, 5.41) is 5.97. The second-order valence-corrected chi connectivity index (χ2v) is 13.3. The molecule has 2 aromatic carbocycles. The Morgan fingerprint density at radius 3 is 2.29 bits per heavy atom. The van der Waals surface area contributed by atoms with Crippen LogP contribution in [0.2, 0.25) is 5.02 Å². The van der Waals surface area contributed by atoms with Crippen LogP contribution >= 0.6 is 11.6 Å². The molecule has 4 amide bonds. The van der Waals surface area contributed by atoms with E-state index in [4.69, 9.17) is 22.1 Å². The molecular formula is C33H41ClF3N7O4. The van der Waals surface area contributed by atoms with E-state index in [9.17, 15) is 27.6 Å². The first-order valence-electron chi connectivity index (χ1n) is 16.5. The highest BCUT2D eigenvalue weighted by molar-refractivity contribution is 6.33. The molecular weight excluding hydrogens is 651 g/mol. The van der Waals surface area contributed by atoms with Crippen molar-refractivity contribution < 1.29 is 32.3 Å². The summed E-state index contributed by atoms with van der Waals surface area (Å²) in [7, 11) is 0. The number of halogens is 4. The molecule has 15 heteroatoms. The number of rotatable bonds is 6. The van der Waals surface area contributed by atoms with Gasteiger partial charge in [0, 0.05) is 83.1 Å². The number of hydrogen-bond acceptors (Lipinski definition) is 7. The number of carbonyl (C=O) groups excluding carboxylic acids is 3. The molecule has 0 radical (unpaired) electrons. The van der Waals surface area contributed by atoms with E-state index in [0.717, 1.165) is 56.3 Å². The predicted molar refractivity (Wildman–Crippen MR) is 174 cm³/mol. The molecule has 2 aromatic rings. The van der Waals surface area contributed by atoms with Gasteiger partial charge in [-0.25, -0.2) is 9.59 Å². The number of anilines is 2. The molecule has 4 aliphatic heterocycles. The van der Waals surface area contributed by atoms with Crippen molar-refractivity contribution in [3.05, 3.63) is 58.1 Å². The number of piperazine rings is 1. The van der Waals surface area contributed by atoms with E-state index in [-0.39, 0.29) is 42.2 Å². The summed E-state index contributed by atoms with van der Waals surface area (Å²) in [4.78, 5) is 47.6. The third-order valence-electron chi connectivity index (χ3n) is 9.90. The fourth-order valence-corrected chi connectivity index (χ4v) is 7.44. The molecule has 1 unspecified atom stereocenters. The van der Waals surface area contributed by atoms with E-state index >= 15 is 0 Å². The van der Waals surface area contributed by atoms with Crippen molar-refractivity contribution in [2.45, 2.75) is 63.0 Å². The van der Waals surface area contributed by atoms with Gasteiger partial charge in [0.1, 0.15) is 0 Å². The van der Waals surface area contributed by atoms with Crippen molar-refractivity contribution in [2.75, 3.05) is 63.4 Å². The zero-order valence-corrected chi connectivity index (χ0v) is 27.4. The smallest absolute Gasteiger partial charge is 0.418 e. The first kappa shape index (κ1) is 34.1. The largest absolute Gasteiger partial charge is 0.436 e. The number of nitrogens with zero attached hydrogens (tertiary/aromatic N) is 4. The molecule has 4 N–H and O–H groups in total. The van der Waals surface area contributed by atoms with Gasteiger partial charge in [0.05, 0.1) is 16.3 Å². The Kier molecular flexibility index (Phi) is 10.2. The Morgan fingerprint density at radius 1 is 0.958 bits per heavy atom. The van der Waals surface area contributed by atoms with Gasteiger partial charge >= 0.3 is 18.3 Å². The average molecular weight is 692 g/mol. The molecule has 0 aliphatic carbocycles. The number of alkyl halides is 3. The van der Waals surface area contributed by atoms with E-state index in [0.29, 0.717) is 38.5 Å². The third kappa shape index (κ3) is 7.60. The molecule has 4 heterocycles. The number of nitrogen functional groups attached to an aromatic ring is 1. The Balaban J connectivity index is 1.13. The molecule has 3 fully saturated rings. The van der Waals surface area contributed by atoms with Crippen molar-refractivity contribution in [3.63, 3.8) is 0 Å². The quantitative estimate of drug-likeness (QED) is 0.384. The molecule has 11 nitrogen and oxygen atoms in total. The van der Waals surface area contributed by atoms with Gasteiger partial charge in [0.15, 0.2) is 6.10 Å². The van der Waals surface area contributed by atoms with E-state index in [1.165, 1.54) is 11.0 Å². The number of nitrogens with two attached hydrogens (primary N) is 1. The molecule has 6 rings (SSSR count). The van der Waals surface area contributed by atoms with E-state index < -0.39 is 35.5 Å². The van der Waals surface area contributed by atoms with Gasteiger partial charge < -0.3 is 35.8 Å². The van der Waals surface area contributed by atoms with Crippen molar-refractivity contribution >= 4 is 41.0 Å². The minimum atomic E-state index is -4.76. The second kappa shape index (κ2) is 14.4. The summed E-state index contributed by atoms with van der Waals surface area (Å²) in [5.74, 6) is -0.456. The fourth-order valence-electron chi connectivity index (χ4n) is 7.20. The van der Waals surface area contributed by atoms with Crippen LogP contribution in [-0.2, 0) is 28.7 Å². The normalized spacial score (nSPS) is 20.7. The van der Waals surface area contributed by atoms with Crippen molar-refractivity contribution in [2.24, 2.45) is 0 Å². The number of nitrogens with one attached hydrogen (secondary N) is 2. The Morgan fingerprint density at radius 2 is 1.60 bits per heavy atom. The number of para-hydroxylation sites is 1. The van der Waals surface area contributed by atoms with Gasteiger partial charge in [0.2, 0.25) is 0 Å². The van der Waals surface area contributed by atoms with Crippen LogP contribution in [0.4, 0.5) is 34.1 Å². The van der Waals surface area contributed by atoms with Crippen LogP contribution in [0.15, 0.2) is 36.4 Å². The van der Waals surface area contributed by atoms with Crippen LogP contribution in [0.3, 0.4) is 0 Å². The minimum Gasteiger partial charge on any atom is -0.436 e. The van der Waals surface area contributed by atoms with Gasteiger partial charge in [-0.2, -0.15) is 13.2 Å². The standard InChI is InChI=1S/C33H41ClF3N7O4/c34-26-18-21(17-25(29(26)38)33(35,36)37)19-28(30(45)42-11-5-23(6-12-42)41-15-9-39-10-16-41)48-32(47)43-13-7-24(8-14-43)44-20-22-3-1-2-4-27(22)40-31(44)46/h1-4,17-18,23-24,28,39H,5-16,19-20,38H2,(H,40,46). The van der Waals surface area contributed by atoms with E-state index in [1.54, 1.807) is 9.80 Å². The fraction of sp³-hybridized carbons (Fsp3) is 0.545. The zero-order valence-electron chi connectivity index (χ0n) is 26.6. The zero-order chi connectivity index (χ0) is 34.0. The first-order valence-corrected chi connectivity index (χ1v) is 16.9. The summed E-state index contributed by atoms with van der Waals surface area (Å²) in [5.41, 5.74) is 5.81. The first-order chi connectivity index (χ1) is 23.0. The average Bonchev–Trinajstić information content (AvgIpc) is 3.09. The van der Waals surface area contributed by atoms with Crippen molar-refractivity contribution in [1.82, 2.24) is 24.9 Å². The van der Waals surface area contributed by atoms with Crippen LogP contribution in [0.5, 0.6) is 0 Å². The molecule has 0 saturated carbocycles. The predicted octanol–water partition coefficient (Wildman–Crippen LogP) is 4.40. The topological polar surface area (TPSA) is 123 Å². The van der Waals surface area contributed by atoms with Crippen LogP contribution in [-0.4, -0.2) is 108 Å². The Hall–Kier alpha value is -3.75. The highest BCUT2D eigenvalue weighted by Gasteiger charge is 2.38. The molecule has 1 atom stereocenters. The van der Waals surface area contributed by atoms with E-state index in [2.05, 4.69) is 15.5 Å².